The van der Waals surface area contributed by atoms with Gasteiger partial charge in [-0.15, -0.1) is 0 Å². The summed E-state index contributed by atoms with van der Waals surface area (Å²) in [6, 6.07) is 2.09. The second kappa shape index (κ2) is 4.99. The van der Waals surface area contributed by atoms with Gasteiger partial charge in [-0.2, -0.15) is 0 Å². The van der Waals surface area contributed by atoms with Crippen molar-refractivity contribution in [3.63, 3.8) is 0 Å². The Hall–Kier alpha value is -0.730. The lowest BCUT2D eigenvalue weighted by Gasteiger charge is -2.32. The molecular weight excluding hydrogens is 258 g/mol. The number of hydrogen-bond acceptors (Lipinski definition) is 2. The predicted octanol–water partition coefficient (Wildman–Crippen LogP) is 3.96. The SMILES string of the molecule is COc1c(Cl)cc2c(c1C1(N)CCCC1)CCCC2. The number of aryl methyl sites for hydroxylation is 1. The lowest BCUT2D eigenvalue weighted by atomic mass is 9.78. The molecule has 0 radical (unpaired) electrons. The zero-order valence-corrected chi connectivity index (χ0v) is 12.4. The molecule has 0 amide bonds. The molecular formula is C16H22ClNO. The number of hydrogen-bond donors (Lipinski definition) is 1. The van der Waals surface area contributed by atoms with Gasteiger partial charge in [-0.3, -0.25) is 0 Å². The van der Waals surface area contributed by atoms with Crippen LogP contribution < -0.4 is 10.5 Å². The molecule has 1 aromatic carbocycles. The van der Waals surface area contributed by atoms with Gasteiger partial charge in [0.2, 0.25) is 0 Å². The molecule has 3 heteroatoms. The number of ether oxygens (including phenoxy) is 1. The van der Waals surface area contributed by atoms with Gasteiger partial charge in [0, 0.05) is 11.1 Å². The largest absolute Gasteiger partial charge is 0.495 e. The molecule has 2 N–H and O–H groups in total. The fraction of sp³-hybridized carbons (Fsp3) is 0.625. The summed E-state index contributed by atoms with van der Waals surface area (Å²) in [7, 11) is 1.71. The van der Waals surface area contributed by atoms with E-state index in [1.54, 1.807) is 7.11 Å². The topological polar surface area (TPSA) is 35.2 Å². The molecule has 0 heterocycles. The number of benzene rings is 1. The van der Waals surface area contributed by atoms with Crippen molar-refractivity contribution >= 4 is 11.6 Å². The van der Waals surface area contributed by atoms with Gasteiger partial charge in [0.05, 0.1) is 12.1 Å². The molecule has 2 aliphatic rings. The molecule has 3 rings (SSSR count). The van der Waals surface area contributed by atoms with E-state index in [0.717, 1.165) is 36.5 Å². The van der Waals surface area contributed by atoms with Crippen LogP contribution in [0, 0.1) is 0 Å². The summed E-state index contributed by atoms with van der Waals surface area (Å²) in [4.78, 5) is 0. The van der Waals surface area contributed by atoms with E-state index in [1.165, 1.54) is 42.4 Å². The minimum Gasteiger partial charge on any atom is -0.495 e. The maximum Gasteiger partial charge on any atom is 0.142 e. The lowest BCUT2D eigenvalue weighted by molar-refractivity contribution is 0.375. The van der Waals surface area contributed by atoms with Gasteiger partial charge in [-0.25, -0.2) is 0 Å². The Morgan fingerprint density at radius 3 is 2.53 bits per heavy atom. The van der Waals surface area contributed by atoms with Crippen LogP contribution >= 0.6 is 11.6 Å². The van der Waals surface area contributed by atoms with Crippen LogP contribution in [0.25, 0.3) is 0 Å². The summed E-state index contributed by atoms with van der Waals surface area (Å²) in [5.41, 5.74) is 10.5. The third kappa shape index (κ3) is 2.15. The summed E-state index contributed by atoms with van der Waals surface area (Å²) in [5.74, 6) is 0.826. The van der Waals surface area contributed by atoms with E-state index in [-0.39, 0.29) is 5.54 Å². The monoisotopic (exact) mass is 279 g/mol. The van der Waals surface area contributed by atoms with Crippen LogP contribution in [0.3, 0.4) is 0 Å². The van der Waals surface area contributed by atoms with Crippen LogP contribution in [0.15, 0.2) is 6.07 Å². The van der Waals surface area contributed by atoms with Gasteiger partial charge in [0.25, 0.3) is 0 Å². The maximum atomic E-state index is 6.71. The quantitative estimate of drug-likeness (QED) is 0.889. The zero-order valence-electron chi connectivity index (χ0n) is 11.6. The van der Waals surface area contributed by atoms with Crippen LogP contribution in [0.2, 0.25) is 5.02 Å². The molecule has 0 aromatic heterocycles. The first kappa shape index (κ1) is 13.3. The highest BCUT2D eigenvalue weighted by molar-refractivity contribution is 6.32. The zero-order chi connectivity index (χ0) is 13.5. The maximum absolute atomic E-state index is 6.71. The van der Waals surface area contributed by atoms with E-state index in [1.807, 2.05) is 0 Å². The van der Waals surface area contributed by atoms with Crippen LogP contribution in [-0.2, 0) is 18.4 Å². The van der Waals surface area contributed by atoms with Gasteiger partial charge in [0.15, 0.2) is 0 Å². The molecule has 1 saturated carbocycles. The molecule has 1 fully saturated rings. The van der Waals surface area contributed by atoms with Gasteiger partial charge >= 0.3 is 0 Å². The molecule has 1 aromatic rings. The Labute approximate surface area is 120 Å². The van der Waals surface area contributed by atoms with E-state index in [9.17, 15) is 0 Å². The first-order chi connectivity index (χ1) is 9.15. The Morgan fingerprint density at radius 2 is 1.84 bits per heavy atom. The predicted molar refractivity (Wildman–Crippen MR) is 79.0 cm³/mol. The fourth-order valence-electron chi connectivity index (χ4n) is 3.83. The first-order valence-electron chi connectivity index (χ1n) is 7.33. The third-order valence-corrected chi connectivity index (χ3v) is 5.04. The van der Waals surface area contributed by atoms with E-state index < -0.39 is 0 Å². The molecule has 0 aliphatic heterocycles. The van der Waals surface area contributed by atoms with Crippen molar-refractivity contribution in [3.8, 4) is 5.75 Å². The standard InChI is InChI=1S/C16H22ClNO/c1-19-15-13(17)10-11-6-2-3-7-12(11)14(15)16(18)8-4-5-9-16/h10H,2-9,18H2,1H3. The van der Waals surface area contributed by atoms with Gasteiger partial charge in [-0.1, -0.05) is 24.4 Å². The molecule has 0 unspecified atom stereocenters. The minimum atomic E-state index is -0.225. The number of fused-ring (bicyclic) bond motifs is 1. The Balaban J connectivity index is 2.21. The van der Waals surface area contributed by atoms with E-state index >= 15 is 0 Å². The first-order valence-corrected chi connectivity index (χ1v) is 7.71. The van der Waals surface area contributed by atoms with Gasteiger partial charge < -0.3 is 10.5 Å². The average Bonchev–Trinajstić information content (AvgIpc) is 2.85. The van der Waals surface area contributed by atoms with Crippen molar-refractivity contribution in [2.45, 2.75) is 56.9 Å². The molecule has 2 nitrogen and oxygen atoms in total. The van der Waals surface area contributed by atoms with Crippen molar-refractivity contribution in [2.75, 3.05) is 7.11 Å². The summed E-state index contributed by atoms with van der Waals surface area (Å²) >= 11 is 6.43. The highest BCUT2D eigenvalue weighted by Crippen LogP contribution is 2.47. The van der Waals surface area contributed by atoms with Crippen LogP contribution in [0.1, 0.15) is 55.2 Å². The number of rotatable bonds is 2. The Bertz CT molecular complexity index is 492. The average molecular weight is 280 g/mol. The lowest BCUT2D eigenvalue weighted by Crippen LogP contribution is -2.35. The van der Waals surface area contributed by atoms with Crippen LogP contribution in [0.5, 0.6) is 5.75 Å². The molecule has 19 heavy (non-hydrogen) atoms. The molecule has 0 saturated heterocycles. The van der Waals surface area contributed by atoms with Crippen LogP contribution in [0.4, 0.5) is 0 Å². The van der Waals surface area contributed by atoms with Crippen molar-refractivity contribution in [1.29, 1.82) is 0 Å². The molecule has 104 valence electrons. The summed E-state index contributed by atoms with van der Waals surface area (Å²) in [6.45, 7) is 0. The summed E-state index contributed by atoms with van der Waals surface area (Å²) in [5, 5.41) is 0.731. The van der Waals surface area contributed by atoms with Gasteiger partial charge in [-0.05, 0) is 55.7 Å². The fourth-order valence-corrected chi connectivity index (χ4v) is 4.13. The van der Waals surface area contributed by atoms with E-state index in [0.29, 0.717) is 0 Å². The van der Waals surface area contributed by atoms with E-state index in [2.05, 4.69) is 6.07 Å². The molecule has 0 bridgehead atoms. The Morgan fingerprint density at radius 1 is 1.16 bits per heavy atom. The highest BCUT2D eigenvalue weighted by atomic mass is 35.5. The smallest absolute Gasteiger partial charge is 0.142 e. The second-order valence-corrected chi connectivity index (χ2v) is 6.38. The van der Waals surface area contributed by atoms with Gasteiger partial charge in [0.1, 0.15) is 5.75 Å². The van der Waals surface area contributed by atoms with Crippen molar-refractivity contribution in [2.24, 2.45) is 5.73 Å². The Kier molecular flexibility index (Phi) is 3.48. The molecule has 0 atom stereocenters. The summed E-state index contributed by atoms with van der Waals surface area (Å²) < 4.78 is 5.61. The normalized spacial score (nSPS) is 21.2. The molecule has 0 spiro atoms. The summed E-state index contributed by atoms with van der Waals surface area (Å²) in [6.07, 6.45) is 9.28. The number of halogens is 1. The van der Waals surface area contributed by atoms with Crippen molar-refractivity contribution < 1.29 is 4.74 Å². The number of methoxy groups -OCH3 is 1. The minimum absolute atomic E-state index is 0.225. The molecule has 2 aliphatic carbocycles. The highest BCUT2D eigenvalue weighted by Gasteiger charge is 2.37. The van der Waals surface area contributed by atoms with Crippen molar-refractivity contribution in [3.05, 3.63) is 27.8 Å². The van der Waals surface area contributed by atoms with E-state index in [4.69, 9.17) is 22.1 Å². The van der Waals surface area contributed by atoms with Crippen molar-refractivity contribution in [1.82, 2.24) is 0 Å². The third-order valence-electron chi connectivity index (χ3n) is 4.76. The van der Waals surface area contributed by atoms with Crippen LogP contribution in [-0.4, -0.2) is 7.11 Å². The number of nitrogens with two attached hydrogens (primary N) is 1. The second-order valence-electron chi connectivity index (χ2n) is 5.97.